The van der Waals surface area contributed by atoms with E-state index in [1.165, 1.54) is 14.2 Å². The number of esters is 1. The van der Waals surface area contributed by atoms with E-state index in [-0.39, 0.29) is 42.2 Å². The zero-order valence-corrected chi connectivity index (χ0v) is 20.5. The summed E-state index contributed by atoms with van der Waals surface area (Å²) >= 11 is 0. The van der Waals surface area contributed by atoms with Crippen LogP contribution in [0, 0.1) is 11.8 Å². The standard InChI is InChI=1S/C27H31NO8/c1-31-22-9-15(10-23(32-2)26(22)29)24-18-12-21-20(35-14-36-21)11-17(18)16(19-13-34-27(30)25(19)24)3-4-28-5-7-33-8-6-28/h9-12,16,19,24-25,29H,3-8,13-14H2,1-2H3/t16-,19-,24-,25+/m1/s1. The van der Waals surface area contributed by atoms with E-state index < -0.39 is 0 Å². The van der Waals surface area contributed by atoms with E-state index in [0.29, 0.717) is 23.9 Å². The van der Waals surface area contributed by atoms with Crippen LogP contribution in [-0.4, -0.2) is 76.4 Å². The number of phenolic OH excluding ortho intramolecular Hbond substituents is 1. The Kier molecular flexibility index (Phi) is 6.05. The van der Waals surface area contributed by atoms with Crippen molar-refractivity contribution in [3.8, 4) is 28.7 Å². The topological polar surface area (TPSA) is 95.9 Å². The lowest BCUT2D eigenvalue weighted by Crippen LogP contribution is -2.39. The molecule has 0 spiro atoms. The minimum absolute atomic E-state index is 0.0159. The van der Waals surface area contributed by atoms with E-state index >= 15 is 0 Å². The van der Waals surface area contributed by atoms with Gasteiger partial charge in [-0.3, -0.25) is 9.69 Å². The van der Waals surface area contributed by atoms with Crippen LogP contribution in [0.3, 0.4) is 0 Å². The Morgan fingerprint density at radius 2 is 1.64 bits per heavy atom. The Balaban J connectivity index is 1.47. The van der Waals surface area contributed by atoms with Crippen LogP contribution < -0.4 is 18.9 Å². The third-order valence-corrected chi connectivity index (χ3v) is 8.06. The van der Waals surface area contributed by atoms with Gasteiger partial charge in [-0.2, -0.15) is 0 Å². The first kappa shape index (κ1) is 23.2. The summed E-state index contributed by atoms with van der Waals surface area (Å²) in [5.74, 6) is 1.20. The molecule has 0 bridgehead atoms. The van der Waals surface area contributed by atoms with Crippen LogP contribution in [0.4, 0.5) is 0 Å². The lowest BCUT2D eigenvalue weighted by Gasteiger charge is -2.40. The Morgan fingerprint density at radius 3 is 2.31 bits per heavy atom. The number of benzene rings is 2. The number of carbonyl (C=O) groups excluding carboxylic acids is 1. The molecule has 0 unspecified atom stereocenters. The van der Waals surface area contributed by atoms with Gasteiger partial charge < -0.3 is 33.5 Å². The van der Waals surface area contributed by atoms with Crippen LogP contribution in [0.25, 0.3) is 0 Å². The number of ether oxygens (including phenoxy) is 6. The molecular formula is C27H31NO8. The summed E-state index contributed by atoms with van der Waals surface area (Å²) in [5.41, 5.74) is 2.99. The minimum atomic E-state index is -0.369. The first-order valence-electron chi connectivity index (χ1n) is 12.4. The summed E-state index contributed by atoms with van der Waals surface area (Å²) in [4.78, 5) is 15.7. The molecule has 3 heterocycles. The summed E-state index contributed by atoms with van der Waals surface area (Å²) < 4.78 is 33.6. The molecule has 36 heavy (non-hydrogen) atoms. The Morgan fingerprint density at radius 1 is 0.972 bits per heavy atom. The van der Waals surface area contributed by atoms with Gasteiger partial charge in [0.15, 0.2) is 23.0 Å². The van der Waals surface area contributed by atoms with Crippen molar-refractivity contribution < 1.29 is 38.3 Å². The van der Waals surface area contributed by atoms with Gasteiger partial charge in [0, 0.05) is 24.9 Å². The lowest BCUT2D eigenvalue weighted by molar-refractivity contribution is -0.141. The fraction of sp³-hybridized carbons (Fsp3) is 0.519. The van der Waals surface area contributed by atoms with Gasteiger partial charge in [0.05, 0.1) is 40.0 Å². The molecule has 2 fully saturated rings. The number of aromatic hydroxyl groups is 1. The average molecular weight is 498 g/mol. The number of cyclic esters (lactones) is 1. The SMILES string of the molecule is COc1cc([C@@H]2c3cc4c(cc3[C@@H](CCN3CCOCC3)[C@H]3COC(=O)[C@H]23)OCO4)cc(OC)c1O. The number of methoxy groups -OCH3 is 2. The van der Waals surface area contributed by atoms with Gasteiger partial charge in [-0.1, -0.05) is 0 Å². The minimum Gasteiger partial charge on any atom is -0.502 e. The van der Waals surface area contributed by atoms with E-state index in [2.05, 4.69) is 11.0 Å². The van der Waals surface area contributed by atoms with E-state index in [4.69, 9.17) is 28.4 Å². The second-order valence-electron chi connectivity index (χ2n) is 9.75. The van der Waals surface area contributed by atoms with Crippen LogP contribution in [0.5, 0.6) is 28.7 Å². The van der Waals surface area contributed by atoms with Gasteiger partial charge in [0.2, 0.25) is 12.5 Å². The first-order chi connectivity index (χ1) is 17.6. The second kappa shape index (κ2) is 9.37. The molecule has 192 valence electrons. The zero-order chi connectivity index (χ0) is 24.8. The van der Waals surface area contributed by atoms with Gasteiger partial charge >= 0.3 is 5.97 Å². The molecule has 4 atom stereocenters. The van der Waals surface area contributed by atoms with Crippen molar-refractivity contribution in [3.05, 3.63) is 41.0 Å². The quantitative estimate of drug-likeness (QED) is 0.605. The highest BCUT2D eigenvalue weighted by Gasteiger charge is 2.52. The second-order valence-corrected chi connectivity index (χ2v) is 9.75. The molecule has 0 amide bonds. The average Bonchev–Trinajstić information content (AvgIpc) is 3.52. The number of fused-ring (bicyclic) bond motifs is 3. The van der Waals surface area contributed by atoms with Crippen LogP contribution in [-0.2, 0) is 14.3 Å². The molecule has 2 aromatic rings. The van der Waals surface area contributed by atoms with Crippen molar-refractivity contribution in [1.82, 2.24) is 4.90 Å². The van der Waals surface area contributed by atoms with Gasteiger partial charge in [0.1, 0.15) is 0 Å². The van der Waals surface area contributed by atoms with Crippen molar-refractivity contribution in [2.24, 2.45) is 11.8 Å². The molecule has 4 aliphatic rings. The molecule has 9 nitrogen and oxygen atoms in total. The molecule has 6 rings (SSSR count). The largest absolute Gasteiger partial charge is 0.502 e. The highest BCUT2D eigenvalue weighted by molar-refractivity contribution is 5.79. The van der Waals surface area contributed by atoms with Gasteiger partial charge in [-0.05, 0) is 59.8 Å². The molecule has 2 aromatic carbocycles. The third-order valence-electron chi connectivity index (χ3n) is 8.06. The summed E-state index contributed by atoms with van der Waals surface area (Å²) in [7, 11) is 3.00. The Labute approximate surface area is 209 Å². The van der Waals surface area contributed by atoms with Crippen molar-refractivity contribution in [2.75, 3.05) is 60.5 Å². The lowest BCUT2D eigenvalue weighted by atomic mass is 9.62. The predicted molar refractivity (Wildman–Crippen MR) is 128 cm³/mol. The summed E-state index contributed by atoms with van der Waals surface area (Å²) in [5, 5.41) is 10.5. The van der Waals surface area contributed by atoms with E-state index in [9.17, 15) is 9.90 Å². The molecule has 9 heteroatoms. The summed E-state index contributed by atoms with van der Waals surface area (Å²) in [6.45, 7) is 4.82. The highest BCUT2D eigenvalue weighted by atomic mass is 16.7. The zero-order valence-electron chi connectivity index (χ0n) is 20.5. The number of phenols is 1. The number of nitrogens with zero attached hydrogens (tertiary/aromatic N) is 1. The number of rotatable bonds is 6. The van der Waals surface area contributed by atoms with Gasteiger partial charge in [0.25, 0.3) is 0 Å². The van der Waals surface area contributed by atoms with E-state index in [0.717, 1.165) is 61.7 Å². The number of hydrogen-bond donors (Lipinski definition) is 1. The molecule has 2 saturated heterocycles. The van der Waals surface area contributed by atoms with Crippen LogP contribution >= 0.6 is 0 Å². The maximum absolute atomic E-state index is 13.2. The number of morpholine rings is 1. The normalized spacial score (nSPS) is 26.8. The fourth-order valence-corrected chi connectivity index (χ4v) is 6.29. The number of hydrogen-bond acceptors (Lipinski definition) is 9. The van der Waals surface area contributed by atoms with Gasteiger partial charge in [-0.15, -0.1) is 0 Å². The van der Waals surface area contributed by atoms with Crippen LogP contribution in [0.15, 0.2) is 24.3 Å². The smallest absolute Gasteiger partial charge is 0.310 e. The molecular weight excluding hydrogens is 466 g/mol. The van der Waals surface area contributed by atoms with Crippen molar-refractivity contribution in [3.63, 3.8) is 0 Å². The molecule has 1 N–H and O–H groups in total. The maximum Gasteiger partial charge on any atom is 0.310 e. The summed E-state index contributed by atoms with van der Waals surface area (Å²) in [6, 6.07) is 7.67. The Bertz CT molecular complexity index is 1140. The molecule has 0 aromatic heterocycles. The predicted octanol–water partition coefficient (Wildman–Crippen LogP) is 2.88. The highest BCUT2D eigenvalue weighted by Crippen LogP contribution is 2.56. The van der Waals surface area contributed by atoms with Crippen LogP contribution in [0.1, 0.15) is 34.9 Å². The van der Waals surface area contributed by atoms with E-state index in [1.54, 1.807) is 12.1 Å². The van der Waals surface area contributed by atoms with Crippen molar-refractivity contribution in [2.45, 2.75) is 18.3 Å². The Hall–Kier alpha value is -3.17. The summed E-state index contributed by atoms with van der Waals surface area (Å²) in [6.07, 6.45) is 0.902. The maximum atomic E-state index is 13.2. The molecule has 0 radical (unpaired) electrons. The molecule has 3 aliphatic heterocycles. The monoisotopic (exact) mass is 497 g/mol. The fourth-order valence-electron chi connectivity index (χ4n) is 6.29. The van der Waals surface area contributed by atoms with Gasteiger partial charge in [-0.25, -0.2) is 0 Å². The van der Waals surface area contributed by atoms with Crippen molar-refractivity contribution >= 4 is 5.97 Å². The molecule has 0 saturated carbocycles. The van der Waals surface area contributed by atoms with Crippen molar-refractivity contribution in [1.29, 1.82) is 0 Å². The first-order valence-corrected chi connectivity index (χ1v) is 12.4. The third kappa shape index (κ3) is 3.81. The molecule has 1 aliphatic carbocycles. The van der Waals surface area contributed by atoms with E-state index in [1.807, 2.05) is 6.07 Å². The van der Waals surface area contributed by atoms with Crippen LogP contribution in [0.2, 0.25) is 0 Å². The number of carbonyl (C=O) groups is 1.